The second-order valence-corrected chi connectivity index (χ2v) is 7.56. The van der Waals surface area contributed by atoms with E-state index in [0.29, 0.717) is 24.3 Å². The Balaban J connectivity index is 1.46. The first kappa shape index (κ1) is 18.7. The standard InChI is InChI=1S/C19H24ClN3O3/c1-13(14-6-4-7-15(20)12-14)21-16(24)8-5-11-23-17(25)19(22-18(23)26)9-2-3-10-19/h4,6-7,12-13H,2-3,5,8-11H2,1H3,(H,21,24)(H,22,26)/t13-/m0/s1. The Morgan fingerprint density at radius 3 is 2.77 bits per heavy atom. The van der Waals surface area contributed by atoms with Gasteiger partial charge in [-0.2, -0.15) is 0 Å². The lowest BCUT2D eigenvalue weighted by Crippen LogP contribution is -2.44. The third-order valence-corrected chi connectivity index (χ3v) is 5.45. The van der Waals surface area contributed by atoms with Crippen LogP contribution >= 0.6 is 11.6 Å². The summed E-state index contributed by atoms with van der Waals surface area (Å²) in [6, 6.07) is 6.88. The highest BCUT2D eigenvalue weighted by Crippen LogP contribution is 2.35. The van der Waals surface area contributed by atoms with Crippen molar-refractivity contribution in [2.45, 2.75) is 57.0 Å². The van der Waals surface area contributed by atoms with Crippen LogP contribution in [0, 0.1) is 0 Å². The van der Waals surface area contributed by atoms with E-state index < -0.39 is 5.54 Å². The number of halogens is 1. The number of benzene rings is 1. The van der Waals surface area contributed by atoms with Crippen LogP contribution in [0.2, 0.25) is 5.02 Å². The Hall–Kier alpha value is -2.08. The highest BCUT2D eigenvalue weighted by atomic mass is 35.5. The number of amides is 4. The number of hydrogen-bond donors (Lipinski definition) is 2. The van der Waals surface area contributed by atoms with Crippen molar-refractivity contribution in [3.63, 3.8) is 0 Å². The minimum Gasteiger partial charge on any atom is -0.350 e. The zero-order chi connectivity index (χ0) is 18.7. The molecular weight excluding hydrogens is 354 g/mol. The average molecular weight is 378 g/mol. The Kier molecular flexibility index (Phi) is 5.51. The van der Waals surface area contributed by atoms with E-state index in [1.165, 1.54) is 4.90 Å². The molecule has 0 aromatic heterocycles. The smallest absolute Gasteiger partial charge is 0.325 e. The lowest BCUT2D eigenvalue weighted by Gasteiger charge is -2.20. The van der Waals surface area contributed by atoms with E-state index in [2.05, 4.69) is 10.6 Å². The first-order valence-electron chi connectivity index (χ1n) is 9.10. The number of hydrogen-bond acceptors (Lipinski definition) is 3. The van der Waals surface area contributed by atoms with Crippen LogP contribution in [0.5, 0.6) is 0 Å². The predicted octanol–water partition coefficient (Wildman–Crippen LogP) is 3.16. The topological polar surface area (TPSA) is 78.5 Å². The van der Waals surface area contributed by atoms with E-state index in [-0.39, 0.29) is 36.9 Å². The first-order chi connectivity index (χ1) is 12.4. The third kappa shape index (κ3) is 3.85. The summed E-state index contributed by atoms with van der Waals surface area (Å²) in [4.78, 5) is 38.1. The molecule has 2 fully saturated rings. The fraction of sp³-hybridized carbons (Fsp3) is 0.526. The van der Waals surface area contributed by atoms with Gasteiger partial charge in [0.25, 0.3) is 5.91 Å². The van der Waals surface area contributed by atoms with E-state index >= 15 is 0 Å². The Morgan fingerprint density at radius 2 is 2.08 bits per heavy atom. The van der Waals surface area contributed by atoms with Crippen LogP contribution < -0.4 is 10.6 Å². The summed E-state index contributed by atoms with van der Waals surface area (Å²) in [5.41, 5.74) is 0.253. The van der Waals surface area contributed by atoms with Gasteiger partial charge in [-0.15, -0.1) is 0 Å². The molecule has 1 saturated heterocycles. The molecule has 26 heavy (non-hydrogen) atoms. The van der Waals surface area contributed by atoms with Crippen molar-refractivity contribution >= 4 is 29.4 Å². The summed E-state index contributed by atoms with van der Waals surface area (Å²) in [6.07, 6.45) is 4.06. The van der Waals surface area contributed by atoms with Gasteiger partial charge in [-0.05, 0) is 43.9 Å². The highest BCUT2D eigenvalue weighted by Gasteiger charge is 2.51. The van der Waals surface area contributed by atoms with E-state index in [0.717, 1.165) is 18.4 Å². The molecule has 1 atom stereocenters. The van der Waals surface area contributed by atoms with E-state index in [1.807, 2.05) is 25.1 Å². The minimum atomic E-state index is -0.680. The molecule has 0 unspecified atom stereocenters. The Morgan fingerprint density at radius 1 is 1.35 bits per heavy atom. The predicted molar refractivity (Wildman–Crippen MR) is 98.7 cm³/mol. The quantitative estimate of drug-likeness (QED) is 0.747. The molecule has 3 rings (SSSR count). The fourth-order valence-corrected chi connectivity index (χ4v) is 3.97. The van der Waals surface area contributed by atoms with E-state index in [9.17, 15) is 14.4 Å². The van der Waals surface area contributed by atoms with Crippen molar-refractivity contribution in [1.82, 2.24) is 15.5 Å². The zero-order valence-corrected chi connectivity index (χ0v) is 15.6. The molecule has 2 aliphatic rings. The van der Waals surface area contributed by atoms with Crippen molar-refractivity contribution < 1.29 is 14.4 Å². The van der Waals surface area contributed by atoms with E-state index in [4.69, 9.17) is 11.6 Å². The van der Waals surface area contributed by atoms with Crippen LogP contribution in [0.15, 0.2) is 24.3 Å². The molecule has 1 aromatic rings. The van der Waals surface area contributed by atoms with Gasteiger partial charge in [0.05, 0.1) is 6.04 Å². The highest BCUT2D eigenvalue weighted by molar-refractivity contribution is 6.30. The van der Waals surface area contributed by atoms with Gasteiger partial charge in [-0.1, -0.05) is 36.6 Å². The second kappa shape index (κ2) is 7.66. The van der Waals surface area contributed by atoms with Crippen LogP contribution in [0.1, 0.15) is 57.1 Å². The monoisotopic (exact) mass is 377 g/mol. The molecule has 1 heterocycles. The van der Waals surface area contributed by atoms with Crippen LogP contribution in [0.3, 0.4) is 0 Å². The van der Waals surface area contributed by atoms with Gasteiger partial charge in [-0.25, -0.2) is 4.79 Å². The largest absolute Gasteiger partial charge is 0.350 e. The van der Waals surface area contributed by atoms with Gasteiger partial charge >= 0.3 is 6.03 Å². The van der Waals surface area contributed by atoms with Crippen molar-refractivity contribution in [2.24, 2.45) is 0 Å². The number of nitrogens with one attached hydrogen (secondary N) is 2. The molecule has 140 valence electrons. The number of imide groups is 1. The maximum Gasteiger partial charge on any atom is 0.325 e. The summed E-state index contributed by atoms with van der Waals surface area (Å²) in [5, 5.41) is 6.40. The van der Waals surface area contributed by atoms with Gasteiger partial charge in [0.15, 0.2) is 0 Å². The van der Waals surface area contributed by atoms with Crippen LogP contribution in [0.25, 0.3) is 0 Å². The molecular formula is C19H24ClN3O3. The van der Waals surface area contributed by atoms with Crippen LogP contribution in [0.4, 0.5) is 4.79 Å². The second-order valence-electron chi connectivity index (χ2n) is 7.12. The molecule has 0 radical (unpaired) electrons. The van der Waals surface area contributed by atoms with Gasteiger partial charge < -0.3 is 10.6 Å². The number of rotatable bonds is 6. The summed E-state index contributed by atoms with van der Waals surface area (Å²) in [6.45, 7) is 2.16. The molecule has 2 N–H and O–H groups in total. The summed E-state index contributed by atoms with van der Waals surface area (Å²) in [5.74, 6) is -0.243. The lowest BCUT2D eigenvalue weighted by molar-refractivity contribution is -0.131. The third-order valence-electron chi connectivity index (χ3n) is 5.21. The van der Waals surface area contributed by atoms with Gasteiger partial charge in [0, 0.05) is 18.0 Å². The molecule has 1 aliphatic carbocycles. The van der Waals surface area contributed by atoms with Crippen molar-refractivity contribution in [2.75, 3.05) is 6.54 Å². The van der Waals surface area contributed by atoms with Crippen molar-refractivity contribution in [3.05, 3.63) is 34.9 Å². The SMILES string of the molecule is C[C@H](NC(=O)CCCN1C(=O)NC2(CCCC2)C1=O)c1cccc(Cl)c1. The summed E-state index contributed by atoms with van der Waals surface area (Å²) < 4.78 is 0. The fourth-order valence-electron chi connectivity index (χ4n) is 3.77. The van der Waals surface area contributed by atoms with Crippen LogP contribution in [-0.4, -0.2) is 34.8 Å². The number of carbonyl (C=O) groups is 3. The molecule has 6 nitrogen and oxygen atoms in total. The Bertz CT molecular complexity index is 716. The maximum atomic E-state index is 12.5. The van der Waals surface area contributed by atoms with E-state index in [1.54, 1.807) is 6.07 Å². The normalized spacial score (nSPS) is 19.7. The zero-order valence-electron chi connectivity index (χ0n) is 14.9. The molecule has 1 spiro atoms. The molecule has 1 saturated carbocycles. The molecule has 1 aromatic carbocycles. The van der Waals surface area contributed by atoms with Crippen molar-refractivity contribution in [1.29, 1.82) is 0 Å². The molecule has 7 heteroatoms. The summed E-state index contributed by atoms with van der Waals surface area (Å²) >= 11 is 5.97. The average Bonchev–Trinajstić information content (AvgIpc) is 3.15. The van der Waals surface area contributed by atoms with Gasteiger partial charge in [0.2, 0.25) is 5.91 Å². The molecule has 0 bridgehead atoms. The Labute approximate surface area is 158 Å². The molecule has 1 aliphatic heterocycles. The van der Waals surface area contributed by atoms with Crippen LogP contribution in [-0.2, 0) is 9.59 Å². The van der Waals surface area contributed by atoms with Gasteiger partial charge in [0.1, 0.15) is 5.54 Å². The minimum absolute atomic E-state index is 0.111. The van der Waals surface area contributed by atoms with Crippen molar-refractivity contribution in [3.8, 4) is 0 Å². The number of carbonyl (C=O) groups excluding carboxylic acids is 3. The first-order valence-corrected chi connectivity index (χ1v) is 9.48. The number of urea groups is 1. The summed E-state index contributed by atoms with van der Waals surface area (Å²) in [7, 11) is 0. The maximum absolute atomic E-state index is 12.5. The number of nitrogens with zero attached hydrogens (tertiary/aromatic N) is 1. The molecule has 4 amide bonds. The van der Waals surface area contributed by atoms with Gasteiger partial charge in [-0.3, -0.25) is 14.5 Å². The lowest BCUT2D eigenvalue weighted by atomic mass is 9.98.